The van der Waals surface area contributed by atoms with Crippen molar-refractivity contribution in [3.05, 3.63) is 42.0 Å². The van der Waals surface area contributed by atoms with Crippen LogP contribution in [0.15, 0.2) is 36.4 Å². The number of rotatable bonds is 4. The van der Waals surface area contributed by atoms with Crippen LogP contribution in [0.3, 0.4) is 0 Å². The first-order valence-corrected chi connectivity index (χ1v) is 6.11. The number of benzene rings is 2. The van der Waals surface area contributed by atoms with Crippen molar-refractivity contribution in [1.82, 2.24) is 4.90 Å². The number of fused-ring (bicyclic) bond motifs is 1. The van der Waals surface area contributed by atoms with Crippen molar-refractivity contribution in [2.75, 3.05) is 20.7 Å². The highest BCUT2D eigenvalue weighted by Crippen LogP contribution is 2.22. The zero-order valence-corrected chi connectivity index (χ0v) is 11.1. The van der Waals surface area contributed by atoms with Crippen molar-refractivity contribution >= 4 is 16.9 Å². The van der Waals surface area contributed by atoms with E-state index >= 15 is 0 Å². The highest BCUT2D eigenvalue weighted by molar-refractivity contribution is 5.84. The second kappa shape index (κ2) is 5.61. The third-order valence-corrected chi connectivity index (χ3v) is 3.17. The minimum atomic E-state index is -0.898. The second-order valence-electron chi connectivity index (χ2n) is 4.50. The molecule has 0 bridgehead atoms. The molecule has 2 rings (SSSR count). The Kier molecular flexibility index (Phi) is 3.90. The molecule has 1 N–H and O–H groups in total. The molecule has 0 unspecified atom stereocenters. The minimum absolute atomic E-state index is 0.497. The molecule has 0 radical (unpaired) electrons. The van der Waals surface area contributed by atoms with E-state index in [-0.39, 0.29) is 0 Å². The first-order chi connectivity index (χ1) is 9.10. The minimum Gasteiger partial charge on any atom is -0.497 e. The van der Waals surface area contributed by atoms with Gasteiger partial charge in [-0.2, -0.15) is 0 Å². The van der Waals surface area contributed by atoms with E-state index in [0.717, 1.165) is 22.1 Å². The summed E-state index contributed by atoms with van der Waals surface area (Å²) in [4.78, 5) is 12.0. The van der Waals surface area contributed by atoms with Crippen LogP contribution in [0, 0.1) is 0 Å². The Morgan fingerprint density at radius 1 is 1.21 bits per heavy atom. The predicted octanol–water partition coefficient (Wildman–Crippen LogP) is 3.00. The van der Waals surface area contributed by atoms with Gasteiger partial charge in [-0.1, -0.05) is 24.3 Å². The van der Waals surface area contributed by atoms with Gasteiger partial charge in [-0.15, -0.1) is 0 Å². The number of methoxy groups -OCH3 is 1. The molecule has 4 nitrogen and oxygen atoms in total. The maximum atomic E-state index is 10.7. The molecule has 0 saturated carbocycles. The molecule has 1 amide bonds. The van der Waals surface area contributed by atoms with Gasteiger partial charge in [0.05, 0.1) is 7.11 Å². The second-order valence-corrected chi connectivity index (χ2v) is 4.50. The molecule has 0 fully saturated rings. The van der Waals surface area contributed by atoms with Gasteiger partial charge in [0, 0.05) is 13.6 Å². The van der Waals surface area contributed by atoms with Crippen LogP contribution in [0.1, 0.15) is 5.56 Å². The number of carboxylic acid groups (broad SMARTS) is 1. The number of amides is 1. The highest BCUT2D eigenvalue weighted by Gasteiger charge is 2.05. The molecule has 4 heteroatoms. The number of hydrogen-bond donors (Lipinski definition) is 1. The summed E-state index contributed by atoms with van der Waals surface area (Å²) in [5, 5.41) is 11.1. The van der Waals surface area contributed by atoms with Crippen molar-refractivity contribution in [3.8, 4) is 5.75 Å². The van der Waals surface area contributed by atoms with Gasteiger partial charge in [0.1, 0.15) is 5.75 Å². The predicted molar refractivity (Wildman–Crippen MR) is 74.9 cm³/mol. The Balaban J connectivity index is 2.15. The van der Waals surface area contributed by atoms with Gasteiger partial charge in [-0.05, 0) is 34.9 Å². The van der Waals surface area contributed by atoms with Gasteiger partial charge < -0.3 is 14.7 Å². The van der Waals surface area contributed by atoms with Crippen molar-refractivity contribution in [2.24, 2.45) is 0 Å². The summed E-state index contributed by atoms with van der Waals surface area (Å²) in [6.45, 7) is 0.497. The van der Waals surface area contributed by atoms with Crippen molar-refractivity contribution in [1.29, 1.82) is 0 Å². The Labute approximate surface area is 112 Å². The fourth-order valence-electron chi connectivity index (χ4n) is 1.95. The SMILES string of the molecule is COc1ccc2cc(CCN(C)C(=O)O)ccc2c1. The smallest absolute Gasteiger partial charge is 0.407 e. The molecule has 0 aliphatic carbocycles. The summed E-state index contributed by atoms with van der Waals surface area (Å²) in [5.74, 6) is 0.839. The summed E-state index contributed by atoms with van der Waals surface area (Å²) in [7, 11) is 3.23. The molecule has 100 valence electrons. The molecule has 0 aliphatic rings. The molecule has 19 heavy (non-hydrogen) atoms. The Bertz CT molecular complexity index is 595. The average Bonchev–Trinajstić information content (AvgIpc) is 2.43. The monoisotopic (exact) mass is 259 g/mol. The largest absolute Gasteiger partial charge is 0.497 e. The molecule has 2 aromatic carbocycles. The van der Waals surface area contributed by atoms with Gasteiger partial charge in [0.25, 0.3) is 0 Å². The Hall–Kier alpha value is -2.23. The maximum Gasteiger partial charge on any atom is 0.407 e. The van der Waals surface area contributed by atoms with E-state index in [9.17, 15) is 4.79 Å². The lowest BCUT2D eigenvalue weighted by Gasteiger charge is -2.12. The molecular weight excluding hydrogens is 242 g/mol. The number of ether oxygens (including phenoxy) is 1. The van der Waals surface area contributed by atoms with Crippen LogP contribution in [0.5, 0.6) is 5.75 Å². The molecule has 0 heterocycles. The Morgan fingerprint density at radius 3 is 2.58 bits per heavy atom. The summed E-state index contributed by atoms with van der Waals surface area (Å²) >= 11 is 0. The van der Waals surface area contributed by atoms with E-state index in [1.165, 1.54) is 4.90 Å². The fourth-order valence-corrected chi connectivity index (χ4v) is 1.95. The van der Waals surface area contributed by atoms with Crippen molar-refractivity contribution < 1.29 is 14.6 Å². The van der Waals surface area contributed by atoms with Crippen LogP contribution in [0.25, 0.3) is 10.8 Å². The van der Waals surface area contributed by atoms with Gasteiger partial charge >= 0.3 is 6.09 Å². The van der Waals surface area contributed by atoms with E-state index in [2.05, 4.69) is 6.07 Å². The van der Waals surface area contributed by atoms with Crippen LogP contribution in [0.2, 0.25) is 0 Å². The first kappa shape index (κ1) is 13.2. The van der Waals surface area contributed by atoms with E-state index < -0.39 is 6.09 Å². The van der Waals surface area contributed by atoms with Crippen LogP contribution in [-0.2, 0) is 6.42 Å². The average molecular weight is 259 g/mol. The summed E-state index contributed by atoms with van der Waals surface area (Å²) < 4.78 is 5.19. The Morgan fingerprint density at radius 2 is 1.89 bits per heavy atom. The van der Waals surface area contributed by atoms with Gasteiger partial charge in [-0.3, -0.25) is 0 Å². The molecule has 0 atom stereocenters. The zero-order valence-electron chi connectivity index (χ0n) is 11.1. The fraction of sp³-hybridized carbons (Fsp3) is 0.267. The number of likely N-dealkylation sites (N-methyl/N-ethyl adjacent to an activating group) is 1. The molecule has 0 aliphatic heterocycles. The standard InChI is InChI=1S/C15H17NO3/c1-16(15(17)18)8-7-11-3-4-13-10-14(19-2)6-5-12(13)9-11/h3-6,9-10H,7-8H2,1-2H3,(H,17,18). The molecule has 0 aromatic heterocycles. The molecule has 2 aromatic rings. The van der Waals surface area contributed by atoms with Gasteiger partial charge in [0.15, 0.2) is 0 Å². The third-order valence-electron chi connectivity index (χ3n) is 3.17. The summed E-state index contributed by atoms with van der Waals surface area (Å²) in [6.07, 6.45) is -0.185. The van der Waals surface area contributed by atoms with Gasteiger partial charge in [-0.25, -0.2) is 4.79 Å². The van der Waals surface area contributed by atoms with Crippen LogP contribution in [0.4, 0.5) is 4.79 Å². The normalized spacial score (nSPS) is 10.4. The number of carbonyl (C=O) groups is 1. The lowest BCUT2D eigenvalue weighted by atomic mass is 10.0. The maximum absolute atomic E-state index is 10.7. The number of nitrogens with zero attached hydrogens (tertiary/aromatic N) is 1. The van der Waals surface area contributed by atoms with Crippen molar-refractivity contribution in [2.45, 2.75) is 6.42 Å². The lowest BCUT2D eigenvalue weighted by molar-refractivity contribution is 0.156. The van der Waals surface area contributed by atoms with Crippen LogP contribution < -0.4 is 4.74 Å². The van der Waals surface area contributed by atoms with Gasteiger partial charge in [0.2, 0.25) is 0 Å². The van der Waals surface area contributed by atoms with Crippen LogP contribution >= 0.6 is 0 Å². The lowest BCUT2D eigenvalue weighted by Crippen LogP contribution is -2.26. The van der Waals surface area contributed by atoms with Crippen molar-refractivity contribution in [3.63, 3.8) is 0 Å². The third kappa shape index (κ3) is 3.16. The number of hydrogen-bond acceptors (Lipinski definition) is 2. The molecular formula is C15H17NO3. The van der Waals surface area contributed by atoms with Crippen LogP contribution in [-0.4, -0.2) is 36.8 Å². The van der Waals surface area contributed by atoms with E-state index in [1.54, 1.807) is 14.2 Å². The van der Waals surface area contributed by atoms with E-state index in [1.807, 2.05) is 30.3 Å². The first-order valence-electron chi connectivity index (χ1n) is 6.11. The summed E-state index contributed by atoms with van der Waals surface area (Å²) in [5.41, 5.74) is 1.13. The molecule has 0 saturated heterocycles. The quantitative estimate of drug-likeness (QED) is 0.918. The van der Waals surface area contributed by atoms with E-state index in [4.69, 9.17) is 9.84 Å². The zero-order chi connectivity index (χ0) is 13.8. The summed E-state index contributed by atoms with van der Waals surface area (Å²) in [6, 6.07) is 12.1. The highest BCUT2D eigenvalue weighted by atomic mass is 16.5. The topological polar surface area (TPSA) is 49.8 Å². The molecule has 0 spiro atoms. The van der Waals surface area contributed by atoms with E-state index in [0.29, 0.717) is 13.0 Å².